The monoisotopic (exact) mass is 247 g/mol. The normalized spacial score (nSPS) is 21.7. The van der Waals surface area contributed by atoms with Gasteiger partial charge in [0.05, 0.1) is 0 Å². The fourth-order valence-electron chi connectivity index (χ4n) is 3.52. The second-order valence-corrected chi connectivity index (χ2v) is 5.55. The third-order valence-electron chi connectivity index (χ3n) is 4.35. The molecular formula is C18H17N. The Morgan fingerprint density at radius 2 is 1.68 bits per heavy atom. The van der Waals surface area contributed by atoms with Crippen LogP contribution in [0.1, 0.15) is 36.6 Å². The fraction of sp³-hybridized carbons (Fsp3) is 0.222. The third-order valence-corrected chi connectivity index (χ3v) is 4.35. The lowest BCUT2D eigenvalue weighted by Crippen LogP contribution is -1.97. The maximum absolute atomic E-state index is 2.52. The van der Waals surface area contributed by atoms with Crippen LogP contribution in [-0.2, 0) is 0 Å². The molecule has 4 rings (SSSR count). The van der Waals surface area contributed by atoms with Crippen LogP contribution in [0.15, 0.2) is 60.7 Å². The Morgan fingerprint density at radius 3 is 2.53 bits per heavy atom. The van der Waals surface area contributed by atoms with Crippen LogP contribution in [0.4, 0.5) is 0 Å². The summed E-state index contributed by atoms with van der Waals surface area (Å²) in [6.07, 6.45) is 1.21. The maximum atomic E-state index is 2.52. The van der Waals surface area contributed by atoms with E-state index < -0.39 is 0 Å². The van der Waals surface area contributed by atoms with Gasteiger partial charge in [-0.1, -0.05) is 48.5 Å². The molecule has 2 unspecified atom stereocenters. The molecule has 0 fully saturated rings. The van der Waals surface area contributed by atoms with Gasteiger partial charge in [0.2, 0.25) is 0 Å². The van der Waals surface area contributed by atoms with Crippen molar-refractivity contribution in [1.29, 1.82) is 0 Å². The molecule has 0 amide bonds. The van der Waals surface area contributed by atoms with Crippen LogP contribution in [0.2, 0.25) is 0 Å². The number of para-hydroxylation sites is 1. The number of benzene rings is 2. The number of aromatic nitrogens is 1. The van der Waals surface area contributed by atoms with Crippen molar-refractivity contribution in [2.24, 2.45) is 0 Å². The number of fused-ring (bicyclic) bond motifs is 3. The molecule has 0 radical (unpaired) electrons. The quantitative estimate of drug-likeness (QED) is 0.585. The molecule has 0 aliphatic carbocycles. The predicted molar refractivity (Wildman–Crippen MR) is 79.6 cm³/mol. The maximum Gasteiger partial charge on any atom is 0.0485 e. The smallest absolute Gasteiger partial charge is 0.0485 e. The van der Waals surface area contributed by atoms with Gasteiger partial charge in [0, 0.05) is 23.2 Å². The number of rotatable bonds is 1. The summed E-state index contributed by atoms with van der Waals surface area (Å²) < 4.78 is 2.52. The van der Waals surface area contributed by atoms with E-state index >= 15 is 0 Å². The van der Waals surface area contributed by atoms with E-state index in [2.05, 4.69) is 72.2 Å². The molecule has 1 nitrogen and oxygen atoms in total. The van der Waals surface area contributed by atoms with Crippen LogP contribution in [-0.4, -0.2) is 4.57 Å². The first-order valence-corrected chi connectivity index (χ1v) is 6.99. The topological polar surface area (TPSA) is 4.93 Å². The van der Waals surface area contributed by atoms with E-state index in [1.807, 2.05) is 0 Å². The lowest BCUT2D eigenvalue weighted by atomic mass is 9.93. The van der Waals surface area contributed by atoms with Crippen molar-refractivity contribution in [3.05, 3.63) is 71.9 Å². The summed E-state index contributed by atoms with van der Waals surface area (Å²) in [7, 11) is 0. The SMILES string of the molecule is CC1CC(c2ccccc2)c2cc3ccccc3n21. The first kappa shape index (κ1) is 10.9. The molecule has 1 aliphatic rings. The van der Waals surface area contributed by atoms with Crippen molar-refractivity contribution in [3.8, 4) is 0 Å². The van der Waals surface area contributed by atoms with Crippen LogP contribution < -0.4 is 0 Å². The summed E-state index contributed by atoms with van der Waals surface area (Å²) in [6, 6.07) is 22.6. The van der Waals surface area contributed by atoms with E-state index in [0.717, 1.165) is 0 Å². The summed E-state index contributed by atoms with van der Waals surface area (Å²) in [4.78, 5) is 0. The lowest BCUT2D eigenvalue weighted by molar-refractivity contribution is 0.581. The Kier molecular flexibility index (Phi) is 2.28. The molecule has 2 heterocycles. The highest BCUT2D eigenvalue weighted by molar-refractivity contribution is 5.82. The molecule has 1 aromatic heterocycles. The molecule has 94 valence electrons. The van der Waals surface area contributed by atoms with E-state index in [1.165, 1.54) is 28.6 Å². The molecular weight excluding hydrogens is 230 g/mol. The van der Waals surface area contributed by atoms with Crippen LogP contribution >= 0.6 is 0 Å². The van der Waals surface area contributed by atoms with Gasteiger partial charge in [-0.05, 0) is 36.4 Å². The van der Waals surface area contributed by atoms with Gasteiger partial charge >= 0.3 is 0 Å². The zero-order chi connectivity index (χ0) is 12.8. The average Bonchev–Trinajstić information content (AvgIpc) is 2.98. The minimum Gasteiger partial charge on any atom is -0.341 e. The molecule has 1 aliphatic heterocycles. The van der Waals surface area contributed by atoms with E-state index in [4.69, 9.17) is 0 Å². The van der Waals surface area contributed by atoms with Crippen LogP contribution in [0.5, 0.6) is 0 Å². The van der Waals surface area contributed by atoms with Gasteiger partial charge in [-0.25, -0.2) is 0 Å². The largest absolute Gasteiger partial charge is 0.341 e. The molecule has 2 aromatic carbocycles. The summed E-state index contributed by atoms with van der Waals surface area (Å²) in [6.45, 7) is 2.33. The van der Waals surface area contributed by atoms with Crippen molar-refractivity contribution in [2.45, 2.75) is 25.3 Å². The predicted octanol–water partition coefficient (Wildman–Crippen LogP) is 4.74. The Morgan fingerprint density at radius 1 is 0.947 bits per heavy atom. The molecule has 0 N–H and O–H groups in total. The Labute approximate surface area is 113 Å². The third kappa shape index (κ3) is 1.54. The van der Waals surface area contributed by atoms with Gasteiger partial charge < -0.3 is 4.57 Å². The molecule has 0 spiro atoms. The number of hydrogen-bond donors (Lipinski definition) is 0. The molecule has 1 heteroatoms. The van der Waals surface area contributed by atoms with Crippen molar-refractivity contribution < 1.29 is 0 Å². The highest BCUT2D eigenvalue weighted by atomic mass is 15.0. The molecule has 0 saturated heterocycles. The van der Waals surface area contributed by atoms with Crippen molar-refractivity contribution in [3.63, 3.8) is 0 Å². The highest BCUT2D eigenvalue weighted by Crippen LogP contribution is 2.43. The summed E-state index contributed by atoms with van der Waals surface area (Å²) in [5.74, 6) is 0.545. The van der Waals surface area contributed by atoms with Crippen molar-refractivity contribution in [2.75, 3.05) is 0 Å². The molecule has 2 atom stereocenters. The van der Waals surface area contributed by atoms with Crippen molar-refractivity contribution in [1.82, 2.24) is 4.57 Å². The van der Waals surface area contributed by atoms with Gasteiger partial charge in [-0.15, -0.1) is 0 Å². The summed E-state index contributed by atoms with van der Waals surface area (Å²) >= 11 is 0. The van der Waals surface area contributed by atoms with Gasteiger partial charge in [-0.3, -0.25) is 0 Å². The molecule has 3 aromatic rings. The van der Waals surface area contributed by atoms with E-state index in [9.17, 15) is 0 Å². The molecule has 0 bridgehead atoms. The lowest BCUT2D eigenvalue weighted by Gasteiger charge is -2.09. The van der Waals surface area contributed by atoms with Crippen LogP contribution in [0.25, 0.3) is 10.9 Å². The second-order valence-electron chi connectivity index (χ2n) is 5.55. The number of hydrogen-bond acceptors (Lipinski definition) is 0. The number of nitrogens with zero attached hydrogens (tertiary/aromatic N) is 1. The van der Waals surface area contributed by atoms with Gasteiger partial charge in [0.1, 0.15) is 0 Å². The van der Waals surface area contributed by atoms with Crippen LogP contribution in [0.3, 0.4) is 0 Å². The van der Waals surface area contributed by atoms with Crippen LogP contribution in [0, 0.1) is 0 Å². The Hall–Kier alpha value is -2.02. The fourth-order valence-corrected chi connectivity index (χ4v) is 3.52. The highest BCUT2D eigenvalue weighted by Gasteiger charge is 2.30. The van der Waals surface area contributed by atoms with Crippen molar-refractivity contribution >= 4 is 10.9 Å². The average molecular weight is 247 g/mol. The zero-order valence-corrected chi connectivity index (χ0v) is 11.1. The standard InChI is InChI=1S/C18H17N/c1-13-11-16(14-7-3-2-4-8-14)18-12-15-9-5-6-10-17(15)19(13)18/h2-10,12-13,16H,11H2,1H3. The summed E-state index contributed by atoms with van der Waals surface area (Å²) in [5.41, 5.74) is 4.29. The molecule has 19 heavy (non-hydrogen) atoms. The molecule has 0 saturated carbocycles. The first-order chi connectivity index (χ1) is 9.34. The van der Waals surface area contributed by atoms with E-state index in [0.29, 0.717) is 12.0 Å². The Balaban J connectivity index is 1.93. The minimum absolute atomic E-state index is 0.545. The van der Waals surface area contributed by atoms with E-state index in [1.54, 1.807) is 0 Å². The van der Waals surface area contributed by atoms with E-state index in [-0.39, 0.29) is 0 Å². The zero-order valence-electron chi connectivity index (χ0n) is 11.1. The Bertz CT molecular complexity index is 724. The first-order valence-electron chi connectivity index (χ1n) is 6.99. The summed E-state index contributed by atoms with van der Waals surface area (Å²) in [5, 5.41) is 1.37. The van der Waals surface area contributed by atoms with Gasteiger partial charge in [0.25, 0.3) is 0 Å². The van der Waals surface area contributed by atoms with Gasteiger partial charge in [-0.2, -0.15) is 0 Å². The minimum atomic E-state index is 0.545. The van der Waals surface area contributed by atoms with Gasteiger partial charge in [0.15, 0.2) is 0 Å². The second kappa shape index (κ2) is 3.99.